The number of hydrogen-bond acceptors (Lipinski definition) is 4. The number of rotatable bonds is 5. The predicted molar refractivity (Wildman–Crippen MR) is 101 cm³/mol. The van der Waals surface area contributed by atoms with Crippen molar-refractivity contribution in [2.75, 3.05) is 5.32 Å². The minimum Gasteiger partial charge on any atom is -0.361 e. The van der Waals surface area contributed by atoms with E-state index >= 15 is 0 Å². The first-order chi connectivity index (χ1) is 11.6. The van der Waals surface area contributed by atoms with Crippen molar-refractivity contribution >= 4 is 22.8 Å². The molecule has 1 heterocycles. The monoisotopic (exact) mass is 334 g/mol. The van der Waals surface area contributed by atoms with Gasteiger partial charge >= 0.3 is 0 Å². The Balaban J connectivity index is 1.68. The molecular formula is C20H18N2OS. The van der Waals surface area contributed by atoms with Crippen molar-refractivity contribution in [3.05, 3.63) is 83.0 Å². The molecule has 0 unspecified atom stereocenters. The lowest BCUT2D eigenvalue weighted by Crippen LogP contribution is -1.95. The number of thiazole rings is 1. The Hall–Kier alpha value is -2.72. The molecule has 3 nitrogen and oxygen atoms in total. The van der Waals surface area contributed by atoms with Gasteiger partial charge in [0.2, 0.25) is 0 Å². The largest absolute Gasteiger partial charge is 0.361 e. The Morgan fingerprint density at radius 2 is 1.92 bits per heavy atom. The third-order valence-corrected chi connectivity index (χ3v) is 4.69. The minimum absolute atomic E-state index is 0.0491. The highest BCUT2D eigenvalue weighted by Crippen LogP contribution is 2.25. The zero-order valence-corrected chi connectivity index (χ0v) is 14.4. The molecule has 0 amide bonds. The molecule has 1 N–H and O–H groups in total. The van der Waals surface area contributed by atoms with Crippen LogP contribution in [0.4, 0.5) is 5.69 Å². The van der Waals surface area contributed by atoms with Crippen molar-refractivity contribution in [2.45, 2.75) is 13.8 Å². The van der Waals surface area contributed by atoms with Gasteiger partial charge in [0.15, 0.2) is 5.78 Å². The van der Waals surface area contributed by atoms with E-state index in [4.69, 9.17) is 0 Å². The van der Waals surface area contributed by atoms with Crippen LogP contribution in [0.25, 0.3) is 10.6 Å². The van der Waals surface area contributed by atoms with E-state index in [-0.39, 0.29) is 5.78 Å². The maximum atomic E-state index is 12.3. The fourth-order valence-corrected chi connectivity index (χ4v) is 3.21. The van der Waals surface area contributed by atoms with Crippen LogP contribution in [-0.4, -0.2) is 10.8 Å². The third kappa shape index (κ3) is 3.78. The second-order valence-electron chi connectivity index (χ2n) is 5.56. The van der Waals surface area contributed by atoms with Gasteiger partial charge in [-0.05, 0) is 25.5 Å². The topological polar surface area (TPSA) is 42.0 Å². The molecule has 4 heteroatoms. The maximum absolute atomic E-state index is 12.3. The lowest BCUT2D eigenvalue weighted by Gasteiger charge is -2.05. The summed E-state index contributed by atoms with van der Waals surface area (Å²) in [6.45, 7) is 4.10. The van der Waals surface area contributed by atoms with Crippen LogP contribution in [0.15, 0.2) is 67.0 Å². The summed E-state index contributed by atoms with van der Waals surface area (Å²) in [7, 11) is 0. The Morgan fingerprint density at radius 1 is 1.12 bits per heavy atom. The summed E-state index contributed by atoms with van der Waals surface area (Å²) in [4.78, 5) is 17.2. The SMILES string of the molecule is Cc1ccc(N/C=C/C(=O)c2cnc(-c3ccccc3)s2)c(C)c1. The van der Waals surface area contributed by atoms with E-state index in [1.165, 1.54) is 16.9 Å². The molecule has 0 spiro atoms. The smallest absolute Gasteiger partial charge is 0.198 e. The van der Waals surface area contributed by atoms with Gasteiger partial charge in [-0.3, -0.25) is 4.79 Å². The van der Waals surface area contributed by atoms with Gasteiger partial charge in [-0.2, -0.15) is 0 Å². The molecule has 0 aliphatic heterocycles. The molecule has 1 aromatic heterocycles. The number of nitrogens with one attached hydrogen (secondary N) is 1. The van der Waals surface area contributed by atoms with Crippen LogP contribution in [-0.2, 0) is 0 Å². The van der Waals surface area contributed by atoms with Crippen molar-refractivity contribution < 1.29 is 4.79 Å². The Bertz CT molecular complexity index is 882. The molecule has 3 rings (SSSR count). The molecule has 0 aliphatic rings. The lowest BCUT2D eigenvalue weighted by atomic mass is 10.1. The molecule has 0 aliphatic carbocycles. The molecule has 0 fully saturated rings. The standard InChI is InChI=1S/C20H18N2OS/c1-14-8-9-17(15(2)12-14)21-11-10-18(23)19-13-22-20(24-19)16-6-4-3-5-7-16/h3-13,21H,1-2H3/b11-10+. The second-order valence-corrected chi connectivity index (χ2v) is 6.59. The number of anilines is 1. The quantitative estimate of drug-likeness (QED) is 0.513. The molecule has 3 aromatic rings. The Labute approximate surface area is 145 Å². The Kier molecular flexibility index (Phi) is 4.87. The van der Waals surface area contributed by atoms with E-state index in [9.17, 15) is 4.79 Å². The number of allylic oxidation sites excluding steroid dienone is 1. The average Bonchev–Trinajstić information content (AvgIpc) is 3.08. The van der Waals surface area contributed by atoms with Crippen molar-refractivity contribution in [1.29, 1.82) is 0 Å². The van der Waals surface area contributed by atoms with Crippen LogP contribution < -0.4 is 5.32 Å². The van der Waals surface area contributed by atoms with E-state index < -0.39 is 0 Å². The van der Waals surface area contributed by atoms with Crippen molar-refractivity contribution in [3.8, 4) is 10.6 Å². The number of carbonyl (C=O) groups excluding carboxylic acids is 1. The minimum atomic E-state index is -0.0491. The predicted octanol–water partition coefficient (Wildman–Crippen LogP) is 5.24. The molecule has 24 heavy (non-hydrogen) atoms. The average molecular weight is 334 g/mol. The van der Waals surface area contributed by atoms with E-state index in [0.717, 1.165) is 21.8 Å². The first-order valence-electron chi connectivity index (χ1n) is 7.69. The molecule has 120 valence electrons. The Morgan fingerprint density at radius 3 is 2.67 bits per heavy atom. The number of benzene rings is 2. The number of nitrogens with zero attached hydrogens (tertiary/aromatic N) is 1. The van der Waals surface area contributed by atoms with E-state index in [1.54, 1.807) is 18.5 Å². The van der Waals surface area contributed by atoms with Crippen molar-refractivity contribution in [2.24, 2.45) is 0 Å². The highest BCUT2D eigenvalue weighted by molar-refractivity contribution is 7.17. The first kappa shape index (κ1) is 16.1. The van der Waals surface area contributed by atoms with Crippen molar-refractivity contribution in [3.63, 3.8) is 0 Å². The van der Waals surface area contributed by atoms with Crippen LogP contribution in [0.3, 0.4) is 0 Å². The highest BCUT2D eigenvalue weighted by atomic mass is 32.1. The molecule has 0 saturated carbocycles. The van der Waals surface area contributed by atoms with Gasteiger partial charge in [-0.1, -0.05) is 48.0 Å². The van der Waals surface area contributed by atoms with Gasteiger partial charge < -0.3 is 5.32 Å². The summed E-state index contributed by atoms with van der Waals surface area (Å²) in [6.07, 6.45) is 4.86. The summed E-state index contributed by atoms with van der Waals surface area (Å²) in [5.41, 5.74) is 4.39. The van der Waals surface area contributed by atoms with E-state index in [1.807, 2.05) is 49.4 Å². The second kappa shape index (κ2) is 7.23. The van der Waals surface area contributed by atoms with Crippen LogP contribution in [0.1, 0.15) is 20.8 Å². The third-order valence-electron chi connectivity index (χ3n) is 3.62. The van der Waals surface area contributed by atoms with Gasteiger partial charge in [-0.15, -0.1) is 11.3 Å². The number of ketones is 1. The fraction of sp³-hybridized carbons (Fsp3) is 0.100. The molecular weight excluding hydrogens is 316 g/mol. The molecule has 0 bridgehead atoms. The highest BCUT2D eigenvalue weighted by Gasteiger charge is 2.09. The summed E-state index contributed by atoms with van der Waals surface area (Å²) in [5.74, 6) is -0.0491. The number of hydrogen-bond donors (Lipinski definition) is 1. The summed E-state index contributed by atoms with van der Waals surface area (Å²) < 4.78 is 0. The number of aryl methyl sites for hydroxylation is 2. The fourth-order valence-electron chi connectivity index (χ4n) is 2.37. The maximum Gasteiger partial charge on any atom is 0.198 e. The van der Waals surface area contributed by atoms with Crippen LogP contribution in [0.5, 0.6) is 0 Å². The van der Waals surface area contributed by atoms with Gasteiger partial charge in [0.25, 0.3) is 0 Å². The van der Waals surface area contributed by atoms with Gasteiger partial charge in [0.05, 0.1) is 4.88 Å². The van der Waals surface area contributed by atoms with Gasteiger partial charge in [0.1, 0.15) is 5.01 Å². The van der Waals surface area contributed by atoms with Gasteiger partial charge in [0, 0.05) is 29.7 Å². The van der Waals surface area contributed by atoms with E-state index in [2.05, 4.69) is 23.3 Å². The van der Waals surface area contributed by atoms with Crippen molar-refractivity contribution in [1.82, 2.24) is 4.98 Å². The molecule has 0 atom stereocenters. The molecule has 0 radical (unpaired) electrons. The summed E-state index contributed by atoms with van der Waals surface area (Å²) in [5, 5.41) is 4.02. The van der Waals surface area contributed by atoms with Crippen LogP contribution in [0, 0.1) is 13.8 Å². The molecule has 0 saturated heterocycles. The number of aromatic nitrogens is 1. The lowest BCUT2D eigenvalue weighted by molar-refractivity contribution is 0.105. The van der Waals surface area contributed by atoms with Crippen LogP contribution in [0.2, 0.25) is 0 Å². The zero-order valence-electron chi connectivity index (χ0n) is 13.6. The van der Waals surface area contributed by atoms with Gasteiger partial charge in [-0.25, -0.2) is 4.98 Å². The number of carbonyl (C=O) groups is 1. The van der Waals surface area contributed by atoms with Crippen LogP contribution >= 0.6 is 11.3 Å². The summed E-state index contributed by atoms with van der Waals surface area (Å²) >= 11 is 1.41. The first-order valence-corrected chi connectivity index (χ1v) is 8.51. The molecule has 2 aromatic carbocycles. The van der Waals surface area contributed by atoms with E-state index in [0.29, 0.717) is 4.88 Å². The zero-order chi connectivity index (χ0) is 16.9. The normalized spacial score (nSPS) is 10.9. The summed E-state index contributed by atoms with van der Waals surface area (Å²) in [6, 6.07) is 16.0.